The van der Waals surface area contributed by atoms with Gasteiger partial charge in [0.1, 0.15) is 12.4 Å². The summed E-state index contributed by atoms with van der Waals surface area (Å²) in [5, 5.41) is 6.66. The van der Waals surface area contributed by atoms with E-state index in [9.17, 15) is 4.79 Å². The van der Waals surface area contributed by atoms with Gasteiger partial charge in [-0.3, -0.25) is 15.1 Å². The Morgan fingerprint density at radius 1 is 0.970 bits per heavy atom. The third kappa shape index (κ3) is 4.84. The molecule has 1 amide bonds. The lowest BCUT2D eigenvalue weighted by molar-refractivity contribution is 0.102. The zero-order valence-corrected chi connectivity index (χ0v) is 18.8. The first-order valence-corrected chi connectivity index (χ1v) is 11.4. The van der Waals surface area contributed by atoms with Crippen LogP contribution in [0.5, 0.6) is 5.75 Å². The maximum Gasteiger partial charge on any atom is 0.258 e. The van der Waals surface area contributed by atoms with E-state index in [1.807, 2.05) is 47.8 Å². The molecule has 5 rings (SSSR count). The minimum atomic E-state index is -0.259. The van der Waals surface area contributed by atoms with E-state index in [0.717, 1.165) is 16.6 Å². The number of halogens is 1. The predicted octanol–water partition coefficient (Wildman–Crippen LogP) is 6.24. The van der Waals surface area contributed by atoms with Gasteiger partial charge in [-0.15, -0.1) is 11.3 Å². The molecule has 2 aromatic carbocycles. The maximum atomic E-state index is 13.2. The molecule has 162 valence electrons. The Bertz CT molecular complexity index is 1420. The van der Waals surface area contributed by atoms with Crippen LogP contribution in [-0.4, -0.2) is 20.9 Å². The molecular weight excluding hydrogens is 456 g/mol. The van der Waals surface area contributed by atoms with Crippen LogP contribution in [0.4, 0.5) is 5.13 Å². The second kappa shape index (κ2) is 9.36. The number of amides is 1. The van der Waals surface area contributed by atoms with Crippen molar-refractivity contribution >= 4 is 44.9 Å². The van der Waals surface area contributed by atoms with Crippen molar-refractivity contribution in [1.82, 2.24) is 15.0 Å². The molecule has 0 saturated heterocycles. The Balaban J connectivity index is 1.36. The van der Waals surface area contributed by atoms with Crippen molar-refractivity contribution in [2.45, 2.75) is 6.61 Å². The number of para-hydroxylation sites is 1. The number of hydrogen-bond donors (Lipinski definition) is 1. The molecule has 0 atom stereocenters. The first-order chi connectivity index (χ1) is 16.2. The second-order valence-electron chi connectivity index (χ2n) is 7.13. The third-order valence-electron chi connectivity index (χ3n) is 4.86. The lowest BCUT2D eigenvalue weighted by Crippen LogP contribution is -2.13. The lowest BCUT2D eigenvalue weighted by Gasteiger charge is -2.09. The number of carbonyl (C=O) groups excluding carboxylic acids is 1. The van der Waals surface area contributed by atoms with Crippen LogP contribution in [0.2, 0.25) is 5.02 Å². The molecule has 0 saturated carbocycles. The highest BCUT2D eigenvalue weighted by molar-refractivity contribution is 7.14. The van der Waals surface area contributed by atoms with Crippen molar-refractivity contribution in [2.75, 3.05) is 5.32 Å². The van der Waals surface area contributed by atoms with E-state index in [2.05, 4.69) is 20.3 Å². The molecule has 0 unspecified atom stereocenters. The van der Waals surface area contributed by atoms with Crippen LogP contribution >= 0.6 is 22.9 Å². The minimum absolute atomic E-state index is 0.259. The SMILES string of the molecule is O=C(Nc1nc(COc2ccc(Cl)cc2)cs1)c1cc(-c2ccccn2)nc2ccccc12. The van der Waals surface area contributed by atoms with Gasteiger partial charge in [0.25, 0.3) is 5.91 Å². The molecule has 8 heteroatoms. The fraction of sp³-hybridized carbons (Fsp3) is 0.0400. The van der Waals surface area contributed by atoms with Crippen LogP contribution in [0.1, 0.15) is 16.1 Å². The van der Waals surface area contributed by atoms with Crippen molar-refractivity contribution in [3.05, 3.63) is 101 Å². The van der Waals surface area contributed by atoms with E-state index in [0.29, 0.717) is 32.9 Å². The van der Waals surface area contributed by atoms with Gasteiger partial charge in [-0.2, -0.15) is 0 Å². The van der Waals surface area contributed by atoms with Crippen molar-refractivity contribution < 1.29 is 9.53 Å². The topological polar surface area (TPSA) is 77.0 Å². The van der Waals surface area contributed by atoms with Gasteiger partial charge in [-0.25, -0.2) is 9.97 Å². The monoisotopic (exact) mass is 472 g/mol. The van der Waals surface area contributed by atoms with Gasteiger partial charge in [-0.05, 0) is 48.5 Å². The van der Waals surface area contributed by atoms with E-state index in [1.54, 1.807) is 36.5 Å². The molecule has 1 N–H and O–H groups in total. The summed E-state index contributed by atoms with van der Waals surface area (Å²) in [6, 6.07) is 22.0. The van der Waals surface area contributed by atoms with Crippen molar-refractivity contribution in [3.8, 4) is 17.1 Å². The van der Waals surface area contributed by atoms with Gasteiger partial charge < -0.3 is 4.74 Å². The number of rotatable bonds is 6. The minimum Gasteiger partial charge on any atom is -0.487 e. The Morgan fingerprint density at radius 3 is 2.61 bits per heavy atom. The molecule has 0 spiro atoms. The van der Waals surface area contributed by atoms with Crippen molar-refractivity contribution in [1.29, 1.82) is 0 Å². The molecule has 0 bridgehead atoms. The number of thiazole rings is 1. The number of benzene rings is 2. The molecule has 33 heavy (non-hydrogen) atoms. The summed E-state index contributed by atoms with van der Waals surface area (Å²) in [4.78, 5) is 26.7. The molecule has 5 aromatic rings. The van der Waals surface area contributed by atoms with Gasteiger partial charge in [0.2, 0.25) is 0 Å². The number of ether oxygens (including phenoxy) is 1. The van der Waals surface area contributed by atoms with E-state index in [4.69, 9.17) is 16.3 Å². The Morgan fingerprint density at radius 2 is 1.79 bits per heavy atom. The third-order valence-corrected chi connectivity index (χ3v) is 5.92. The average molecular weight is 473 g/mol. The number of nitrogens with zero attached hydrogens (tertiary/aromatic N) is 3. The van der Waals surface area contributed by atoms with Gasteiger partial charge in [0, 0.05) is 22.0 Å². The molecule has 0 aliphatic carbocycles. The van der Waals surface area contributed by atoms with E-state index in [1.165, 1.54) is 11.3 Å². The molecule has 0 aliphatic rings. The van der Waals surface area contributed by atoms with Crippen LogP contribution in [0.3, 0.4) is 0 Å². The zero-order valence-electron chi connectivity index (χ0n) is 17.2. The summed E-state index contributed by atoms with van der Waals surface area (Å²) in [7, 11) is 0. The van der Waals surface area contributed by atoms with E-state index < -0.39 is 0 Å². The molecule has 0 fully saturated rings. The number of nitrogens with one attached hydrogen (secondary N) is 1. The fourth-order valence-corrected chi connectivity index (χ4v) is 4.11. The maximum absolute atomic E-state index is 13.2. The first-order valence-electron chi connectivity index (χ1n) is 10.1. The number of carbonyl (C=O) groups is 1. The summed E-state index contributed by atoms with van der Waals surface area (Å²) in [5.74, 6) is 0.439. The first kappa shape index (κ1) is 21.1. The van der Waals surface area contributed by atoms with Gasteiger partial charge in [-0.1, -0.05) is 35.9 Å². The lowest BCUT2D eigenvalue weighted by atomic mass is 10.1. The Hall–Kier alpha value is -3.81. The number of anilines is 1. The van der Waals surface area contributed by atoms with Crippen LogP contribution in [0.15, 0.2) is 84.4 Å². The fourth-order valence-electron chi connectivity index (χ4n) is 3.29. The highest BCUT2D eigenvalue weighted by Gasteiger charge is 2.16. The summed E-state index contributed by atoms with van der Waals surface area (Å²) < 4.78 is 5.73. The molecule has 0 aliphatic heterocycles. The number of fused-ring (bicyclic) bond motifs is 1. The van der Waals surface area contributed by atoms with Crippen molar-refractivity contribution in [2.24, 2.45) is 0 Å². The second-order valence-corrected chi connectivity index (χ2v) is 8.42. The van der Waals surface area contributed by atoms with Crippen LogP contribution in [0.25, 0.3) is 22.3 Å². The number of aromatic nitrogens is 3. The summed E-state index contributed by atoms with van der Waals surface area (Å²) >= 11 is 7.24. The highest BCUT2D eigenvalue weighted by atomic mass is 35.5. The quantitative estimate of drug-likeness (QED) is 0.316. The number of hydrogen-bond acceptors (Lipinski definition) is 6. The Labute approximate surface area is 198 Å². The molecule has 3 aromatic heterocycles. The van der Waals surface area contributed by atoms with Crippen LogP contribution in [-0.2, 0) is 6.61 Å². The largest absolute Gasteiger partial charge is 0.487 e. The summed E-state index contributed by atoms with van der Waals surface area (Å²) in [6.07, 6.45) is 1.70. The summed E-state index contributed by atoms with van der Waals surface area (Å²) in [5.41, 5.74) is 3.29. The van der Waals surface area contributed by atoms with Gasteiger partial charge >= 0.3 is 0 Å². The van der Waals surface area contributed by atoms with Crippen LogP contribution in [0, 0.1) is 0 Å². The smallest absolute Gasteiger partial charge is 0.258 e. The standard InChI is InChI=1S/C25H17ClN4O2S/c26-16-8-10-18(11-9-16)32-14-17-15-33-25(28-17)30-24(31)20-13-23(22-7-3-4-12-27-22)29-21-6-2-1-5-19(20)21/h1-13,15H,14H2,(H,28,30,31). The average Bonchev–Trinajstić information content (AvgIpc) is 3.30. The molecule has 3 heterocycles. The predicted molar refractivity (Wildman–Crippen MR) is 131 cm³/mol. The highest BCUT2D eigenvalue weighted by Crippen LogP contribution is 2.25. The van der Waals surface area contributed by atoms with Gasteiger partial charge in [0.05, 0.1) is 28.2 Å². The van der Waals surface area contributed by atoms with E-state index in [-0.39, 0.29) is 12.5 Å². The molecule has 6 nitrogen and oxygen atoms in total. The van der Waals surface area contributed by atoms with Crippen LogP contribution < -0.4 is 10.1 Å². The van der Waals surface area contributed by atoms with Crippen molar-refractivity contribution in [3.63, 3.8) is 0 Å². The molecular formula is C25H17ClN4O2S. The number of pyridine rings is 2. The zero-order chi connectivity index (χ0) is 22.6. The van der Waals surface area contributed by atoms with E-state index >= 15 is 0 Å². The Kier molecular flexibility index (Phi) is 5.97. The molecule has 0 radical (unpaired) electrons. The van der Waals surface area contributed by atoms with Gasteiger partial charge in [0.15, 0.2) is 5.13 Å². The normalized spacial score (nSPS) is 10.8. The summed E-state index contributed by atoms with van der Waals surface area (Å²) in [6.45, 7) is 0.288.